The van der Waals surface area contributed by atoms with Gasteiger partial charge in [-0.05, 0) is 12.1 Å². The summed E-state index contributed by atoms with van der Waals surface area (Å²) in [4.78, 5) is 0. The molecule has 1 aromatic rings. The molecule has 0 aliphatic carbocycles. The molecule has 1 aromatic carbocycles. The van der Waals surface area contributed by atoms with Gasteiger partial charge in [0.25, 0.3) is 0 Å². The predicted molar refractivity (Wildman–Crippen MR) is 43.8 cm³/mol. The summed E-state index contributed by atoms with van der Waals surface area (Å²) < 4.78 is 14.5. The molecule has 0 bridgehead atoms. The van der Waals surface area contributed by atoms with Gasteiger partial charge in [0, 0.05) is 0 Å². The first-order chi connectivity index (χ1) is 4.43. The van der Waals surface area contributed by atoms with Crippen LogP contribution in [0.5, 0.6) is 5.75 Å². The summed E-state index contributed by atoms with van der Waals surface area (Å²) in [5.74, 6) is 0.620. The molecule has 0 amide bonds. The van der Waals surface area contributed by atoms with Gasteiger partial charge in [0.2, 0.25) is 0 Å². The molecule has 0 saturated carbocycles. The fourth-order valence-electron chi connectivity index (χ4n) is 0.524. The third-order valence-electron chi connectivity index (χ3n) is 0.886. The van der Waals surface area contributed by atoms with Crippen molar-refractivity contribution in [3.63, 3.8) is 0 Å². The maximum atomic E-state index is 9.85. The molecule has 0 saturated heterocycles. The summed E-state index contributed by atoms with van der Waals surface area (Å²) >= 11 is -0.305. The van der Waals surface area contributed by atoms with Crippen LogP contribution in [0.2, 0.25) is 0 Å². The zero-order chi connectivity index (χ0) is 6.53. The molecule has 4 heteroatoms. The van der Waals surface area contributed by atoms with Crippen LogP contribution in [0.25, 0.3) is 0 Å². The molecule has 0 fully saturated rings. The summed E-state index contributed by atoms with van der Waals surface area (Å²) in [6, 6.07) is 8.99. The molecule has 0 aromatic heterocycles. The van der Waals surface area contributed by atoms with Gasteiger partial charge in [-0.15, -0.1) is 0 Å². The van der Waals surface area contributed by atoms with Crippen molar-refractivity contribution in [1.29, 1.82) is 0 Å². The number of para-hydroxylation sites is 1. The van der Waals surface area contributed by atoms with Crippen molar-refractivity contribution in [1.82, 2.24) is 0 Å². The first-order valence-corrected chi connectivity index (χ1v) is 3.21. The Morgan fingerprint density at radius 2 is 1.80 bits per heavy atom. The topological polar surface area (TPSA) is 26.3 Å². The summed E-state index contributed by atoms with van der Waals surface area (Å²) in [7, 11) is 0. The van der Waals surface area contributed by atoms with E-state index < -0.39 is 0 Å². The zero-order valence-corrected chi connectivity index (χ0v) is 5.54. The molecule has 50 valence electrons. The van der Waals surface area contributed by atoms with Gasteiger partial charge in [-0.2, -0.15) is 0 Å². The summed E-state index contributed by atoms with van der Waals surface area (Å²) in [6.07, 6.45) is 0. The molecule has 0 radical (unpaired) electrons. The molecule has 0 N–H and O–H groups in total. The van der Waals surface area contributed by atoms with Gasteiger partial charge in [0.1, 0.15) is 5.75 Å². The molecular weight excluding hydrogens is 175 g/mol. The summed E-state index contributed by atoms with van der Waals surface area (Å²) in [6.45, 7) is 0. The molecule has 10 heavy (non-hydrogen) atoms. The Hall–Kier alpha value is 0.806. The summed E-state index contributed by atoms with van der Waals surface area (Å²) in [5, 5.41) is 0. The standard InChI is InChI=1S/C6H6O2S.K.H/c7-9-8-6-4-2-1-3-5-6;;/h1-5,9H;;. The summed E-state index contributed by atoms with van der Waals surface area (Å²) in [5.41, 5.74) is 0. The zero-order valence-electron chi connectivity index (χ0n) is 4.65. The fraction of sp³-hybridized carbons (Fsp3) is 0. The van der Waals surface area contributed by atoms with Crippen molar-refractivity contribution in [3.05, 3.63) is 30.3 Å². The van der Waals surface area contributed by atoms with E-state index in [0.29, 0.717) is 5.75 Å². The van der Waals surface area contributed by atoms with Crippen molar-refractivity contribution in [2.24, 2.45) is 0 Å². The Kier molecular flexibility index (Phi) is 7.04. The van der Waals surface area contributed by atoms with Gasteiger partial charge < -0.3 is 4.18 Å². The minimum absolute atomic E-state index is 0. The van der Waals surface area contributed by atoms with E-state index in [1.165, 1.54) is 0 Å². The van der Waals surface area contributed by atoms with Gasteiger partial charge >= 0.3 is 51.4 Å². The molecule has 0 aliphatic rings. The first-order valence-electron chi connectivity index (χ1n) is 2.48. The Bertz CT molecular complexity index is 190. The van der Waals surface area contributed by atoms with E-state index in [9.17, 15) is 4.21 Å². The minimum atomic E-state index is -0.305. The van der Waals surface area contributed by atoms with Crippen molar-refractivity contribution >= 4 is 63.3 Å². The number of thiol groups is 1. The average molecular weight is 182 g/mol. The molecule has 0 heterocycles. The van der Waals surface area contributed by atoms with Crippen molar-refractivity contribution in [3.8, 4) is 5.75 Å². The number of hydrogen-bond acceptors (Lipinski definition) is 2. The van der Waals surface area contributed by atoms with Gasteiger partial charge in [0.15, 0.2) is 11.9 Å². The van der Waals surface area contributed by atoms with Gasteiger partial charge in [-0.25, -0.2) is 4.21 Å². The number of hydrogen-bond donors (Lipinski definition) is 1. The van der Waals surface area contributed by atoms with E-state index in [1.54, 1.807) is 12.1 Å². The van der Waals surface area contributed by atoms with E-state index in [0.717, 1.165) is 0 Å². The number of benzene rings is 1. The average Bonchev–Trinajstić information content (AvgIpc) is 1.91. The second-order valence-electron chi connectivity index (χ2n) is 1.48. The van der Waals surface area contributed by atoms with Crippen LogP contribution in [-0.2, 0) is 11.9 Å². The van der Waals surface area contributed by atoms with E-state index >= 15 is 0 Å². The van der Waals surface area contributed by atoms with Gasteiger partial charge in [-0.1, -0.05) is 18.2 Å². The third kappa shape index (κ3) is 3.85. The van der Waals surface area contributed by atoms with Crippen molar-refractivity contribution < 1.29 is 8.39 Å². The second kappa shape index (κ2) is 6.51. The van der Waals surface area contributed by atoms with Crippen LogP contribution in [0.4, 0.5) is 0 Å². The van der Waals surface area contributed by atoms with Gasteiger partial charge in [-0.3, -0.25) is 0 Å². The van der Waals surface area contributed by atoms with E-state index in [4.69, 9.17) is 0 Å². The molecular formula is C6H7KO2S. The first kappa shape index (κ1) is 10.8. The maximum absolute atomic E-state index is 9.85. The Balaban J connectivity index is 0.000000810. The molecule has 0 atom stereocenters. The molecule has 2 nitrogen and oxygen atoms in total. The van der Waals surface area contributed by atoms with Gasteiger partial charge in [0.05, 0.1) is 0 Å². The van der Waals surface area contributed by atoms with E-state index in [1.807, 2.05) is 18.2 Å². The molecule has 0 spiro atoms. The predicted octanol–water partition coefficient (Wildman–Crippen LogP) is 0.277. The Morgan fingerprint density at radius 3 is 2.30 bits per heavy atom. The van der Waals surface area contributed by atoms with Crippen LogP contribution in [0.1, 0.15) is 0 Å². The van der Waals surface area contributed by atoms with Crippen LogP contribution >= 0.6 is 0 Å². The SMILES string of the molecule is O=[SH]Oc1ccccc1.[KH]. The molecule has 1 rings (SSSR count). The quantitative estimate of drug-likeness (QED) is 0.525. The second-order valence-corrected chi connectivity index (χ2v) is 1.81. The Morgan fingerprint density at radius 1 is 1.20 bits per heavy atom. The number of rotatable bonds is 2. The van der Waals surface area contributed by atoms with Crippen molar-refractivity contribution in [2.45, 2.75) is 0 Å². The fourth-order valence-corrected chi connectivity index (χ4v) is 0.732. The van der Waals surface area contributed by atoms with Crippen LogP contribution in [0.15, 0.2) is 30.3 Å². The molecule has 0 aliphatic heterocycles. The van der Waals surface area contributed by atoms with Crippen molar-refractivity contribution in [2.75, 3.05) is 0 Å². The Labute approximate surface area is 106 Å². The van der Waals surface area contributed by atoms with E-state index in [2.05, 4.69) is 4.18 Å². The van der Waals surface area contributed by atoms with E-state index in [-0.39, 0.29) is 63.3 Å². The van der Waals surface area contributed by atoms with Crippen LogP contribution in [-0.4, -0.2) is 55.6 Å². The molecule has 0 unspecified atom stereocenters. The monoisotopic (exact) mass is 182 g/mol. The van der Waals surface area contributed by atoms with Crippen LogP contribution < -0.4 is 4.18 Å². The third-order valence-corrected chi connectivity index (χ3v) is 1.17. The van der Waals surface area contributed by atoms with Crippen LogP contribution in [0.3, 0.4) is 0 Å². The van der Waals surface area contributed by atoms with Crippen LogP contribution in [0, 0.1) is 0 Å². The normalized spacial score (nSPS) is 8.00.